The molecule has 0 aromatic heterocycles. The van der Waals surface area contributed by atoms with Crippen molar-refractivity contribution in [3.05, 3.63) is 34.9 Å². The van der Waals surface area contributed by atoms with Gasteiger partial charge in [-0.3, -0.25) is 0 Å². The minimum absolute atomic E-state index is 0. The summed E-state index contributed by atoms with van der Waals surface area (Å²) in [6.45, 7) is 4.29. The van der Waals surface area contributed by atoms with Gasteiger partial charge in [0.15, 0.2) is 0 Å². The summed E-state index contributed by atoms with van der Waals surface area (Å²) < 4.78 is 0. The zero-order valence-corrected chi connectivity index (χ0v) is 11.5. The second-order valence-corrected chi connectivity index (χ2v) is 4.46. The fourth-order valence-corrected chi connectivity index (χ4v) is 2.09. The van der Waals surface area contributed by atoms with Gasteiger partial charge in [-0.1, -0.05) is 38.8 Å². The van der Waals surface area contributed by atoms with Gasteiger partial charge in [-0.2, -0.15) is 0 Å². The summed E-state index contributed by atoms with van der Waals surface area (Å²) in [6.07, 6.45) is 6.31. The van der Waals surface area contributed by atoms with Crippen molar-refractivity contribution in [2.45, 2.75) is 52.4 Å². The quantitative estimate of drug-likeness (QED) is 0.761. The molecule has 102 valence electrons. The lowest BCUT2D eigenvalue weighted by atomic mass is 9.93. The normalized spacial score (nSPS) is 9.89. The maximum atomic E-state index is 11.2. The highest BCUT2D eigenvalue weighted by Crippen LogP contribution is 2.20. The first-order valence-electron chi connectivity index (χ1n) is 6.54. The highest BCUT2D eigenvalue weighted by molar-refractivity contribution is 5.89. The van der Waals surface area contributed by atoms with E-state index in [4.69, 9.17) is 0 Å². The molecule has 1 aromatic rings. The first kappa shape index (κ1) is 16.6. The largest absolute Gasteiger partial charge is 0.478 e. The van der Waals surface area contributed by atoms with Crippen molar-refractivity contribution < 1.29 is 9.90 Å². The highest BCUT2D eigenvalue weighted by Gasteiger charge is 2.12. The van der Waals surface area contributed by atoms with Crippen LogP contribution in [-0.4, -0.2) is 11.1 Å². The van der Waals surface area contributed by atoms with Gasteiger partial charge in [0, 0.05) is 0 Å². The summed E-state index contributed by atoms with van der Waals surface area (Å²) in [6, 6.07) is 5.67. The molecule has 0 saturated carbocycles. The molecule has 0 heterocycles. The van der Waals surface area contributed by atoms with Crippen LogP contribution in [0.15, 0.2) is 18.2 Å². The zero-order valence-electron chi connectivity index (χ0n) is 11.5. The highest BCUT2D eigenvalue weighted by atomic mass is 16.4. The van der Waals surface area contributed by atoms with Gasteiger partial charge in [0.25, 0.3) is 0 Å². The molecule has 0 saturated heterocycles. The molecule has 18 heavy (non-hydrogen) atoms. The first-order valence-corrected chi connectivity index (χ1v) is 6.54. The molecular weight excluding hydrogens is 226 g/mol. The molecular formula is C15H25NO2. The van der Waals surface area contributed by atoms with Gasteiger partial charge in [0.05, 0.1) is 5.56 Å². The van der Waals surface area contributed by atoms with Gasteiger partial charge in [0.2, 0.25) is 0 Å². The molecule has 1 aromatic carbocycles. The monoisotopic (exact) mass is 251 g/mol. The maximum Gasteiger partial charge on any atom is 0.335 e. The summed E-state index contributed by atoms with van der Waals surface area (Å²) in [5.41, 5.74) is 2.77. The van der Waals surface area contributed by atoms with E-state index in [1.54, 1.807) is 6.07 Å². The third-order valence-electron chi connectivity index (χ3n) is 3.08. The van der Waals surface area contributed by atoms with E-state index in [0.717, 1.165) is 44.1 Å². The third-order valence-corrected chi connectivity index (χ3v) is 3.08. The lowest BCUT2D eigenvalue weighted by molar-refractivity contribution is 0.0695. The number of unbranched alkanes of at least 4 members (excludes halogenated alkanes) is 2. The predicted octanol–water partition coefficient (Wildman–Crippen LogP) is 4.23. The average Bonchev–Trinajstić information content (AvgIpc) is 2.33. The van der Waals surface area contributed by atoms with Crippen molar-refractivity contribution in [3.8, 4) is 0 Å². The van der Waals surface area contributed by atoms with Crippen molar-refractivity contribution in [1.82, 2.24) is 6.15 Å². The lowest BCUT2D eigenvalue weighted by Crippen LogP contribution is -2.06. The van der Waals surface area contributed by atoms with Crippen molar-refractivity contribution in [2.75, 3.05) is 0 Å². The molecule has 0 aliphatic heterocycles. The molecule has 0 amide bonds. The minimum atomic E-state index is -0.797. The van der Waals surface area contributed by atoms with E-state index in [9.17, 15) is 9.90 Å². The number of rotatable bonds is 7. The molecule has 0 aliphatic carbocycles. The van der Waals surface area contributed by atoms with E-state index in [1.165, 1.54) is 5.56 Å². The zero-order chi connectivity index (χ0) is 12.7. The Bertz CT molecular complexity index is 375. The van der Waals surface area contributed by atoms with Crippen LogP contribution >= 0.6 is 0 Å². The maximum absolute atomic E-state index is 11.2. The second-order valence-electron chi connectivity index (χ2n) is 4.46. The number of hydrogen-bond acceptors (Lipinski definition) is 2. The van der Waals surface area contributed by atoms with E-state index in [0.29, 0.717) is 5.56 Å². The molecule has 3 nitrogen and oxygen atoms in total. The number of carboxylic acid groups (broad SMARTS) is 1. The topological polar surface area (TPSA) is 72.3 Å². The first-order chi connectivity index (χ1) is 8.20. The minimum Gasteiger partial charge on any atom is -0.478 e. The number of carboxylic acids is 1. The van der Waals surface area contributed by atoms with E-state index in [1.807, 2.05) is 6.07 Å². The van der Waals surface area contributed by atoms with E-state index >= 15 is 0 Å². The predicted molar refractivity (Wildman–Crippen MR) is 75.6 cm³/mol. The fourth-order valence-electron chi connectivity index (χ4n) is 2.09. The Morgan fingerprint density at radius 3 is 2.28 bits per heavy atom. The Morgan fingerprint density at radius 2 is 1.72 bits per heavy atom. The molecule has 0 aliphatic rings. The molecule has 0 spiro atoms. The summed E-state index contributed by atoms with van der Waals surface area (Å²) in [7, 11) is 0. The van der Waals surface area contributed by atoms with Crippen LogP contribution in [0.4, 0.5) is 0 Å². The molecule has 1 rings (SSSR count). The van der Waals surface area contributed by atoms with Crippen LogP contribution in [0.1, 0.15) is 61.0 Å². The SMILES string of the molecule is CCCCc1cccc(C(=O)O)c1CCCC.N. The number of carbonyl (C=O) groups is 1. The van der Waals surface area contributed by atoms with E-state index < -0.39 is 5.97 Å². The number of aromatic carboxylic acids is 1. The molecule has 0 atom stereocenters. The van der Waals surface area contributed by atoms with Gasteiger partial charge in [-0.25, -0.2) is 4.79 Å². The van der Waals surface area contributed by atoms with Crippen LogP contribution in [0.2, 0.25) is 0 Å². The molecule has 0 unspecified atom stereocenters. The summed E-state index contributed by atoms with van der Waals surface area (Å²) >= 11 is 0. The van der Waals surface area contributed by atoms with Crippen LogP contribution in [0.5, 0.6) is 0 Å². The average molecular weight is 251 g/mol. The third kappa shape index (κ3) is 4.49. The summed E-state index contributed by atoms with van der Waals surface area (Å²) in [5, 5.41) is 9.21. The van der Waals surface area contributed by atoms with Gasteiger partial charge in [0.1, 0.15) is 0 Å². The van der Waals surface area contributed by atoms with E-state index in [-0.39, 0.29) is 6.15 Å². The van der Waals surface area contributed by atoms with Crippen LogP contribution in [0, 0.1) is 0 Å². The Morgan fingerprint density at radius 1 is 1.11 bits per heavy atom. The molecule has 0 bridgehead atoms. The fraction of sp³-hybridized carbons (Fsp3) is 0.533. The van der Waals surface area contributed by atoms with Crippen molar-refractivity contribution in [1.29, 1.82) is 0 Å². The smallest absolute Gasteiger partial charge is 0.335 e. The lowest BCUT2D eigenvalue weighted by Gasteiger charge is -2.12. The number of benzene rings is 1. The Hall–Kier alpha value is -1.35. The number of hydrogen-bond donors (Lipinski definition) is 2. The van der Waals surface area contributed by atoms with Crippen molar-refractivity contribution in [3.63, 3.8) is 0 Å². The summed E-state index contributed by atoms with van der Waals surface area (Å²) in [5.74, 6) is -0.797. The molecule has 0 radical (unpaired) electrons. The van der Waals surface area contributed by atoms with Gasteiger partial charge in [-0.15, -0.1) is 0 Å². The van der Waals surface area contributed by atoms with Crippen LogP contribution in [-0.2, 0) is 12.8 Å². The van der Waals surface area contributed by atoms with Crippen LogP contribution < -0.4 is 6.15 Å². The Kier molecular flexibility index (Phi) is 8.05. The molecule has 4 N–H and O–H groups in total. The van der Waals surface area contributed by atoms with Crippen LogP contribution in [0.3, 0.4) is 0 Å². The Labute approximate surface area is 110 Å². The molecule has 3 heteroatoms. The van der Waals surface area contributed by atoms with Gasteiger partial charge < -0.3 is 11.3 Å². The van der Waals surface area contributed by atoms with Crippen molar-refractivity contribution >= 4 is 5.97 Å². The summed E-state index contributed by atoms with van der Waals surface area (Å²) in [4.78, 5) is 11.2. The van der Waals surface area contributed by atoms with Crippen LogP contribution in [0.25, 0.3) is 0 Å². The Balaban J connectivity index is 0.00000289. The second kappa shape index (κ2) is 8.70. The van der Waals surface area contributed by atoms with Crippen molar-refractivity contribution in [2.24, 2.45) is 0 Å². The number of aryl methyl sites for hydroxylation is 1. The standard InChI is InChI=1S/C15H22O2.H3N/c1-3-5-8-12-9-7-11-14(15(16)17)13(12)10-6-4-2;/h7,9,11H,3-6,8,10H2,1-2H3,(H,16,17);1H3. The van der Waals surface area contributed by atoms with E-state index in [2.05, 4.69) is 19.9 Å². The molecule has 0 fully saturated rings. The van der Waals surface area contributed by atoms with Gasteiger partial charge >= 0.3 is 5.97 Å². The van der Waals surface area contributed by atoms with Gasteiger partial charge in [-0.05, 0) is 42.9 Å².